The lowest BCUT2D eigenvalue weighted by Gasteiger charge is -2.09. The highest BCUT2D eigenvalue weighted by Gasteiger charge is 2.11. The first-order valence-electron chi connectivity index (χ1n) is 10.6. The maximum atomic E-state index is 12.5. The van der Waals surface area contributed by atoms with Crippen molar-refractivity contribution in [3.05, 3.63) is 95.1 Å². The third kappa shape index (κ3) is 7.30. The first-order chi connectivity index (χ1) is 16.9. The van der Waals surface area contributed by atoms with Gasteiger partial charge in [0.2, 0.25) is 0 Å². The number of carbonyl (C=O) groups excluding carboxylic acids is 3. The lowest BCUT2D eigenvalue weighted by atomic mass is 10.1. The van der Waals surface area contributed by atoms with Gasteiger partial charge >= 0.3 is 5.97 Å². The summed E-state index contributed by atoms with van der Waals surface area (Å²) in [5.41, 5.74) is 2.94. The zero-order valence-electron chi connectivity index (χ0n) is 19.2. The Morgan fingerprint density at radius 2 is 1.60 bits per heavy atom. The smallest absolute Gasteiger partial charge is 0.337 e. The minimum Gasteiger partial charge on any atom is -0.484 e. The predicted octanol–water partition coefficient (Wildman–Crippen LogP) is 4.34. The van der Waals surface area contributed by atoms with E-state index in [1.807, 2.05) is 25.1 Å². The van der Waals surface area contributed by atoms with Crippen LogP contribution < -0.4 is 15.4 Å². The van der Waals surface area contributed by atoms with Crippen molar-refractivity contribution >= 4 is 35.2 Å². The van der Waals surface area contributed by atoms with Gasteiger partial charge in [0, 0.05) is 11.4 Å². The van der Waals surface area contributed by atoms with Crippen LogP contribution in [-0.2, 0) is 14.3 Å². The van der Waals surface area contributed by atoms with E-state index in [0.29, 0.717) is 28.3 Å². The summed E-state index contributed by atoms with van der Waals surface area (Å²) in [5.74, 6) is -1.00. The molecule has 8 nitrogen and oxygen atoms in total. The summed E-state index contributed by atoms with van der Waals surface area (Å²) in [5, 5.41) is 14.8. The molecule has 0 saturated carbocycles. The number of amides is 2. The Labute approximate surface area is 202 Å². The molecule has 0 radical (unpaired) electrons. The molecular weight excluding hydrogens is 446 g/mol. The third-order valence-electron chi connectivity index (χ3n) is 4.80. The van der Waals surface area contributed by atoms with E-state index in [1.165, 1.54) is 37.5 Å². The number of anilines is 2. The van der Waals surface area contributed by atoms with Gasteiger partial charge in [-0.05, 0) is 67.1 Å². The number of nitrogens with zero attached hydrogens (tertiary/aromatic N) is 1. The van der Waals surface area contributed by atoms with Crippen LogP contribution in [0, 0.1) is 18.3 Å². The molecule has 0 saturated heterocycles. The van der Waals surface area contributed by atoms with Gasteiger partial charge in [0.1, 0.15) is 17.4 Å². The first-order valence-corrected chi connectivity index (χ1v) is 10.6. The predicted molar refractivity (Wildman–Crippen MR) is 132 cm³/mol. The SMILES string of the molecule is COC(=O)c1ccc(NC(=O)/C(C#N)=C\c2cccc(OCC(=O)Nc3ccc(C)cc3)c2)cc1. The molecule has 3 aromatic rings. The van der Waals surface area contributed by atoms with Crippen LogP contribution >= 0.6 is 0 Å². The molecule has 0 heterocycles. The summed E-state index contributed by atoms with van der Waals surface area (Å²) < 4.78 is 10.2. The molecule has 0 aromatic heterocycles. The van der Waals surface area contributed by atoms with Crippen LogP contribution in [0.2, 0.25) is 0 Å². The second kappa shape index (κ2) is 11.8. The van der Waals surface area contributed by atoms with E-state index >= 15 is 0 Å². The van der Waals surface area contributed by atoms with Crippen LogP contribution in [0.4, 0.5) is 11.4 Å². The van der Waals surface area contributed by atoms with E-state index < -0.39 is 11.9 Å². The van der Waals surface area contributed by atoms with Crippen molar-refractivity contribution in [3.63, 3.8) is 0 Å². The van der Waals surface area contributed by atoms with Gasteiger partial charge in [-0.1, -0.05) is 29.8 Å². The first kappa shape index (κ1) is 24.7. The maximum Gasteiger partial charge on any atom is 0.337 e. The summed E-state index contributed by atoms with van der Waals surface area (Å²) in [6.07, 6.45) is 1.41. The Bertz CT molecular complexity index is 1290. The van der Waals surface area contributed by atoms with Crippen LogP contribution in [0.5, 0.6) is 5.75 Å². The van der Waals surface area contributed by atoms with Crippen molar-refractivity contribution in [2.45, 2.75) is 6.92 Å². The highest BCUT2D eigenvalue weighted by Crippen LogP contribution is 2.18. The minimum absolute atomic E-state index is 0.128. The fourth-order valence-corrected chi connectivity index (χ4v) is 3.00. The quantitative estimate of drug-likeness (QED) is 0.288. The fourth-order valence-electron chi connectivity index (χ4n) is 3.00. The van der Waals surface area contributed by atoms with E-state index in [9.17, 15) is 19.6 Å². The molecular formula is C27H23N3O5. The molecule has 3 aromatic carbocycles. The molecule has 0 aliphatic heterocycles. The summed E-state index contributed by atoms with van der Waals surface area (Å²) >= 11 is 0. The van der Waals surface area contributed by atoms with Crippen molar-refractivity contribution in [1.29, 1.82) is 5.26 Å². The van der Waals surface area contributed by atoms with Crippen LogP contribution in [0.25, 0.3) is 6.08 Å². The third-order valence-corrected chi connectivity index (χ3v) is 4.80. The van der Waals surface area contributed by atoms with Gasteiger partial charge in [0.05, 0.1) is 12.7 Å². The molecule has 176 valence electrons. The van der Waals surface area contributed by atoms with Gasteiger partial charge < -0.3 is 20.1 Å². The number of carbonyl (C=O) groups is 3. The fraction of sp³-hybridized carbons (Fsp3) is 0.111. The van der Waals surface area contributed by atoms with Crippen LogP contribution in [0.15, 0.2) is 78.4 Å². The van der Waals surface area contributed by atoms with Gasteiger partial charge in [-0.15, -0.1) is 0 Å². The minimum atomic E-state index is -0.609. The Morgan fingerprint density at radius 1 is 0.943 bits per heavy atom. The molecule has 0 bridgehead atoms. The van der Waals surface area contributed by atoms with Gasteiger partial charge in [-0.25, -0.2) is 4.79 Å². The maximum absolute atomic E-state index is 12.5. The van der Waals surface area contributed by atoms with Crippen molar-refractivity contribution in [3.8, 4) is 11.8 Å². The number of hydrogen-bond acceptors (Lipinski definition) is 6. The number of nitriles is 1. The normalized spacial score (nSPS) is 10.6. The number of rotatable bonds is 8. The monoisotopic (exact) mass is 469 g/mol. The molecule has 0 fully saturated rings. The lowest BCUT2D eigenvalue weighted by molar-refractivity contribution is -0.118. The van der Waals surface area contributed by atoms with E-state index in [2.05, 4.69) is 15.4 Å². The molecule has 0 aliphatic rings. The van der Waals surface area contributed by atoms with E-state index in [1.54, 1.807) is 36.4 Å². The molecule has 2 amide bonds. The number of esters is 1. The Hall–Kier alpha value is -4.90. The highest BCUT2D eigenvalue weighted by atomic mass is 16.5. The number of methoxy groups -OCH3 is 1. The summed E-state index contributed by atoms with van der Waals surface area (Å²) in [6.45, 7) is 1.76. The van der Waals surface area contributed by atoms with Crippen LogP contribution in [-0.4, -0.2) is 31.5 Å². The van der Waals surface area contributed by atoms with Crippen LogP contribution in [0.1, 0.15) is 21.5 Å². The summed E-state index contributed by atoms with van der Waals surface area (Å²) in [7, 11) is 1.28. The second-order valence-electron chi connectivity index (χ2n) is 7.47. The second-order valence-corrected chi connectivity index (χ2v) is 7.47. The molecule has 0 spiro atoms. The average molecular weight is 469 g/mol. The highest BCUT2D eigenvalue weighted by molar-refractivity contribution is 6.09. The zero-order chi connectivity index (χ0) is 25.2. The summed E-state index contributed by atoms with van der Waals surface area (Å²) in [6, 6.07) is 22.1. The Kier molecular flexibility index (Phi) is 8.35. The standard InChI is InChI=1S/C27H23N3O5/c1-18-6-10-22(11-7-18)29-25(31)17-35-24-5-3-4-19(15-24)14-21(16-28)26(32)30-23-12-8-20(9-13-23)27(33)34-2/h3-15H,17H2,1-2H3,(H,29,31)(H,30,32)/b21-14-. The van der Waals surface area contributed by atoms with Crippen molar-refractivity contribution in [2.24, 2.45) is 0 Å². The number of aryl methyl sites for hydroxylation is 1. The number of ether oxygens (including phenoxy) is 2. The lowest BCUT2D eigenvalue weighted by Crippen LogP contribution is -2.20. The molecule has 35 heavy (non-hydrogen) atoms. The molecule has 0 atom stereocenters. The Morgan fingerprint density at radius 3 is 2.26 bits per heavy atom. The van der Waals surface area contributed by atoms with Crippen molar-refractivity contribution < 1.29 is 23.9 Å². The largest absolute Gasteiger partial charge is 0.484 e. The van der Waals surface area contributed by atoms with Gasteiger partial charge in [0.15, 0.2) is 6.61 Å². The van der Waals surface area contributed by atoms with Gasteiger partial charge in [-0.3, -0.25) is 9.59 Å². The van der Waals surface area contributed by atoms with Gasteiger partial charge in [-0.2, -0.15) is 5.26 Å². The molecule has 3 rings (SSSR count). The van der Waals surface area contributed by atoms with E-state index in [-0.39, 0.29) is 18.1 Å². The molecule has 2 N–H and O–H groups in total. The molecule has 0 unspecified atom stereocenters. The number of nitrogens with one attached hydrogen (secondary N) is 2. The van der Waals surface area contributed by atoms with Crippen LogP contribution in [0.3, 0.4) is 0 Å². The van der Waals surface area contributed by atoms with Crippen molar-refractivity contribution in [2.75, 3.05) is 24.4 Å². The Balaban J connectivity index is 1.61. The van der Waals surface area contributed by atoms with E-state index in [0.717, 1.165) is 5.56 Å². The van der Waals surface area contributed by atoms with E-state index in [4.69, 9.17) is 4.74 Å². The van der Waals surface area contributed by atoms with Crippen molar-refractivity contribution in [1.82, 2.24) is 0 Å². The number of hydrogen-bond donors (Lipinski definition) is 2. The molecule has 8 heteroatoms. The average Bonchev–Trinajstić information content (AvgIpc) is 2.87. The summed E-state index contributed by atoms with van der Waals surface area (Å²) in [4.78, 5) is 36.2. The molecule has 0 aliphatic carbocycles. The topological polar surface area (TPSA) is 118 Å². The number of benzene rings is 3. The van der Waals surface area contributed by atoms with Gasteiger partial charge in [0.25, 0.3) is 11.8 Å². The zero-order valence-corrected chi connectivity index (χ0v) is 19.2.